The minimum Gasteiger partial charge on any atom is -0.373 e. The molecule has 0 aliphatic carbocycles. The molecule has 1 N–H and O–H groups in total. The Labute approximate surface area is 159 Å². The predicted octanol–water partition coefficient (Wildman–Crippen LogP) is 3.31. The molecule has 1 aromatic heterocycles. The van der Waals surface area contributed by atoms with Gasteiger partial charge in [0.05, 0.1) is 18.8 Å². The van der Waals surface area contributed by atoms with E-state index < -0.39 is 0 Å². The fourth-order valence-electron chi connectivity index (χ4n) is 3.87. The summed E-state index contributed by atoms with van der Waals surface area (Å²) in [6.07, 6.45) is 1.84. The normalized spacial score (nSPS) is 20.3. The number of fused-ring (bicyclic) bond motifs is 1. The highest BCUT2D eigenvalue weighted by molar-refractivity contribution is 5.98. The van der Waals surface area contributed by atoms with Gasteiger partial charge >= 0.3 is 0 Å². The van der Waals surface area contributed by atoms with Crippen molar-refractivity contribution in [2.24, 2.45) is 0 Å². The van der Waals surface area contributed by atoms with Crippen LogP contribution in [-0.4, -0.2) is 60.6 Å². The van der Waals surface area contributed by atoms with Crippen LogP contribution >= 0.6 is 0 Å². The standard InChI is InChI=1S/C22H25N3O2/c1-24(2)15-20-21(16-6-4-3-5-7-16)25(12-13-27-20)22(26)18-8-9-19-17(14-18)10-11-23-19/h3-11,14,20-21,23H,12-13,15H2,1-2H3/t20-,21-/m0/s1. The maximum Gasteiger partial charge on any atom is 0.254 e. The molecule has 2 heterocycles. The maximum atomic E-state index is 13.4. The highest BCUT2D eigenvalue weighted by atomic mass is 16.5. The summed E-state index contributed by atoms with van der Waals surface area (Å²) in [6, 6.07) is 17.9. The van der Waals surface area contributed by atoms with Gasteiger partial charge in [0.2, 0.25) is 0 Å². The number of aromatic amines is 1. The van der Waals surface area contributed by atoms with E-state index in [1.807, 2.05) is 67.7 Å². The Morgan fingerprint density at radius 2 is 2.00 bits per heavy atom. The Kier molecular flexibility index (Phi) is 4.97. The van der Waals surface area contributed by atoms with E-state index in [-0.39, 0.29) is 18.1 Å². The second-order valence-electron chi connectivity index (χ2n) is 7.31. The highest BCUT2D eigenvalue weighted by Crippen LogP contribution is 2.31. The number of rotatable bonds is 4. The van der Waals surface area contributed by atoms with Crippen LogP contribution in [0.5, 0.6) is 0 Å². The molecule has 0 saturated carbocycles. The number of carbonyl (C=O) groups is 1. The van der Waals surface area contributed by atoms with Crippen molar-refractivity contribution in [3.8, 4) is 0 Å². The number of H-pyrrole nitrogens is 1. The van der Waals surface area contributed by atoms with Gasteiger partial charge in [-0.3, -0.25) is 4.79 Å². The largest absolute Gasteiger partial charge is 0.373 e. The van der Waals surface area contributed by atoms with E-state index in [1.165, 1.54) is 0 Å². The Morgan fingerprint density at radius 1 is 1.19 bits per heavy atom. The van der Waals surface area contributed by atoms with Gasteiger partial charge in [-0.05, 0) is 43.9 Å². The van der Waals surface area contributed by atoms with Crippen LogP contribution in [0.1, 0.15) is 22.0 Å². The molecule has 1 amide bonds. The number of carbonyl (C=O) groups excluding carboxylic acids is 1. The molecule has 1 fully saturated rings. The summed E-state index contributed by atoms with van der Waals surface area (Å²) >= 11 is 0. The minimum atomic E-state index is -0.100. The lowest BCUT2D eigenvalue weighted by Crippen LogP contribution is -2.51. The molecule has 1 saturated heterocycles. The van der Waals surface area contributed by atoms with Gasteiger partial charge in [-0.25, -0.2) is 0 Å². The van der Waals surface area contributed by atoms with Crippen molar-refractivity contribution in [2.75, 3.05) is 33.8 Å². The van der Waals surface area contributed by atoms with Crippen molar-refractivity contribution >= 4 is 16.8 Å². The number of morpholine rings is 1. The first-order chi connectivity index (χ1) is 13.1. The zero-order valence-electron chi connectivity index (χ0n) is 15.8. The molecule has 4 rings (SSSR count). The minimum absolute atomic E-state index is 0.0546. The summed E-state index contributed by atoms with van der Waals surface area (Å²) in [5, 5.41) is 1.05. The van der Waals surface area contributed by atoms with Gasteiger partial charge in [-0.15, -0.1) is 0 Å². The SMILES string of the molecule is CN(C)C[C@@H]1OCCN(C(=O)c2ccc3[nH]ccc3c2)[C@H]1c1ccccc1. The molecule has 2 aromatic carbocycles. The number of ether oxygens (including phenoxy) is 1. The Bertz CT molecular complexity index is 919. The average Bonchev–Trinajstić information content (AvgIpc) is 3.15. The first-order valence-electron chi connectivity index (χ1n) is 9.33. The summed E-state index contributed by atoms with van der Waals surface area (Å²) in [5.74, 6) is 0.0546. The second kappa shape index (κ2) is 7.55. The maximum absolute atomic E-state index is 13.4. The lowest BCUT2D eigenvalue weighted by Gasteiger charge is -2.42. The first-order valence-corrected chi connectivity index (χ1v) is 9.33. The number of amides is 1. The summed E-state index contributed by atoms with van der Waals surface area (Å²) in [5.41, 5.74) is 2.87. The molecule has 1 aliphatic rings. The number of hydrogen-bond donors (Lipinski definition) is 1. The number of benzene rings is 2. The van der Waals surface area contributed by atoms with E-state index in [2.05, 4.69) is 22.0 Å². The topological polar surface area (TPSA) is 48.6 Å². The highest BCUT2D eigenvalue weighted by Gasteiger charge is 2.36. The summed E-state index contributed by atoms with van der Waals surface area (Å²) < 4.78 is 6.09. The predicted molar refractivity (Wildman–Crippen MR) is 107 cm³/mol. The number of likely N-dealkylation sites (N-methyl/N-ethyl adjacent to an activating group) is 1. The molecule has 5 nitrogen and oxygen atoms in total. The third kappa shape index (κ3) is 3.61. The van der Waals surface area contributed by atoms with Crippen LogP contribution in [0.4, 0.5) is 0 Å². The van der Waals surface area contributed by atoms with E-state index in [9.17, 15) is 4.79 Å². The molecule has 0 radical (unpaired) electrons. The molecule has 1 aliphatic heterocycles. The van der Waals surface area contributed by atoms with Crippen molar-refractivity contribution in [3.63, 3.8) is 0 Å². The average molecular weight is 363 g/mol. The lowest BCUT2D eigenvalue weighted by atomic mass is 9.96. The van der Waals surface area contributed by atoms with Crippen LogP contribution < -0.4 is 0 Å². The Hall–Kier alpha value is -2.63. The number of nitrogens with one attached hydrogen (secondary N) is 1. The van der Waals surface area contributed by atoms with Crippen molar-refractivity contribution in [2.45, 2.75) is 12.1 Å². The molecule has 0 bridgehead atoms. The zero-order valence-corrected chi connectivity index (χ0v) is 15.8. The monoisotopic (exact) mass is 363 g/mol. The molecule has 0 unspecified atom stereocenters. The molecule has 140 valence electrons. The van der Waals surface area contributed by atoms with Gasteiger partial charge in [0, 0.05) is 35.8 Å². The molecule has 0 spiro atoms. The smallest absolute Gasteiger partial charge is 0.254 e. The number of hydrogen-bond acceptors (Lipinski definition) is 3. The van der Waals surface area contributed by atoms with Gasteiger partial charge in [-0.2, -0.15) is 0 Å². The number of aromatic nitrogens is 1. The van der Waals surface area contributed by atoms with Crippen LogP contribution in [-0.2, 0) is 4.74 Å². The lowest BCUT2D eigenvalue weighted by molar-refractivity contribution is -0.0684. The Morgan fingerprint density at radius 3 is 2.78 bits per heavy atom. The van der Waals surface area contributed by atoms with Crippen LogP contribution in [0.25, 0.3) is 10.9 Å². The van der Waals surface area contributed by atoms with Gasteiger partial charge in [0.25, 0.3) is 5.91 Å². The van der Waals surface area contributed by atoms with Crippen molar-refractivity contribution in [1.82, 2.24) is 14.8 Å². The molecule has 5 heteroatoms. The summed E-state index contributed by atoms with van der Waals surface area (Å²) in [7, 11) is 4.07. The van der Waals surface area contributed by atoms with Crippen molar-refractivity contribution in [1.29, 1.82) is 0 Å². The Balaban J connectivity index is 1.70. The molecular weight excluding hydrogens is 338 g/mol. The fourth-order valence-corrected chi connectivity index (χ4v) is 3.87. The van der Waals surface area contributed by atoms with Gasteiger partial charge in [0.1, 0.15) is 0 Å². The number of nitrogens with zero attached hydrogens (tertiary/aromatic N) is 2. The quantitative estimate of drug-likeness (QED) is 0.774. The van der Waals surface area contributed by atoms with Gasteiger partial charge < -0.3 is 19.5 Å². The van der Waals surface area contributed by atoms with E-state index in [0.29, 0.717) is 18.7 Å². The van der Waals surface area contributed by atoms with Crippen LogP contribution in [0.2, 0.25) is 0 Å². The molecule has 2 atom stereocenters. The second-order valence-corrected chi connectivity index (χ2v) is 7.31. The van der Waals surface area contributed by atoms with E-state index in [4.69, 9.17) is 4.74 Å². The van der Waals surface area contributed by atoms with Crippen molar-refractivity contribution < 1.29 is 9.53 Å². The molecular formula is C22H25N3O2. The van der Waals surface area contributed by atoms with Crippen LogP contribution in [0, 0.1) is 0 Å². The van der Waals surface area contributed by atoms with Crippen LogP contribution in [0.3, 0.4) is 0 Å². The molecule has 3 aromatic rings. The summed E-state index contributed by atoms with van der Waals surface area (Å²) in [6.45, 7) is 1.91. The third-order valence-corrected chi connectivity index (χ3v) is 5.10. The third-order valence-electron chi connectivity index (χ3n) is 5.10. The molecule has 27 heavy (non-hydrogen) atoms. The zero-order chi connectivity index (χ0) is 18.8. The van der Waals surface area contributed by atoms with Gasteiger partial charge in [-0.1, -0.05) is 30.3 Å². The van der Waals surface area contributed by atoms with Crippen LogP contribution in [0.15, 0.2) is 60.8 Å². The van der Waals surface area contributed by atoms with E-state index >= 15 is 0 Å². The first kappa shape index (κ1) is 17.8. The fraction of sp³-hybridized carbons (Fsp3) is 0.318. The summed E-state index contributed by atoms with van der Waals surface area (Å²) in [4.78, 5) is 20.7. The van der Waals surface area contributed by atoms with E-state index in [0.717, 1.165) is 23.0 Å². The van der Waals surface area contributed by atoms with E-state index in [1.54, 1.807) is 0 Å². The van der Waals surface area contributed by atoms with Gasteiger partial charge in [0.15, 0.2) is 0 Å². The van der Waals surface area contributed by atoms with Crippen molar-refractivity contribution in [3.05, 3.63) is 71.9 Å².